The highest BCUT2D eigenvalue weighted by atomic mass is 16.3. The molecule has 1 atom stereocenters. The molecule has 3 rings (SSSR count). The molecule has 3 aliphatic rings. The predicted octanol–water partition coefficient (Wildman–Crippen LogP) is 2.48. The normalized spacial score (nSPS) is 24.1. The van der Waals surface area contributed by atoms with Crippen LogP contribution in [0, 0.1) is 17.9 Å². The van der Waals surface area contributed by atoms with Crippen molar-refractivity contribution in [3.63, 3.8) is 0 Å². The van der Waals surface area contributed by atoms with Crippen molar-refractivity contribution in [3.05, 3.63) is 35.3 Å². The van der Waals surface area contributed by atoms with Gasteiger partial charge >= 0.3 is 0 Å². The van der Waals surface area contributed by atoms with Crippen LogP contribution in [0.25, 0.3) is 0 Å². The van der Waals surface area contributed by atoms with Crippen molar-refractivity contribution < 1.29 is 5.11 Å². The number of hydrogen-bond donors (Lipinski definition) is 2. The largest absolute Gasteiger partial charge is 0.387 e. The number of nitrogens with zero attached hydrogens (tertiary/aromatic N) is 1. The maximum Gasteiger partial charge on any atom is 0.0970 e. The van der Waals surface area contributed by atoms with Crippen molar-refractivity contribution in [1.82, 2.24) is 10.2 Å². The van der Waals surface area contributed by atoms with Gasteiger partial charge in [-0.05, 0) is 37.3 Å². The molecule has 1 aliphatic carbocycles. The van der Waals surface area contributed by atoms with Gasteiger partial charge in [0.05, 0.1) is 24.0 Å². The molecule has 1 fully saturated rings. The maximum absolute atomic E-state index is 10.9. The summed E-state index contributed by atoms with van der Waals surface area (Å²) in [5, 5.41) is 13.9. The van der Waals surface area contributed by atoms with E-state index in [0.717, 1.165) is 29.8 Å². The van der Waals surface area contributed by atoms with Crippen molar-refractivity contribution in [2.45, 2.75) is 45.1 Å². The topological polar surface area (TPSA) is 35.5 Å². The summed E-state index contributed by atoms with van der Waals surface area (Å²) in [6, 6.07) is 2.90. The predicted molar refractivity (Wildman–Crippen MR) is 80.1 cm³/mol. The summed E-state index contributed by atoms with van der Waals surface area (Å²) in [4.78, 5) is 2.15. The van der Waals surface area contributed by atoms with E-state index < -0.39 is 0 Å². The van der Waals surface area contributed by atoms with Crippen molar-refractivity contribution >= 4 is 0 Å². The van der Waals surface area contributed by atoms with E-state index in [1.807, 2.05) is 6.20 Å². The van der Waals surface area contributed by atoms with E-state index in [2.05, 4.69) is 41.3 Å². The van der Waals surface area contributed by atoms with Crippen LogP contribution < -0.4 is 5.32 Å². The second-order valence-corrected chi connectivity index (χ2v) is 5.85. The monoisotopic (exact) mass is 270 g/mol. The molecule has 0 saturated heterocycles. The van der Waals surface area contributed by atoms with Crippen LogP contribution in [0.5, 0.6) is 0 Å². The Balaban J connectivity index is 1.89. The first-order valence-corrected chi connectivity index (χ1v) is 7.55. The summed E-state index contributed by atoms with van der Waals surface area (Å²) in [6.45, 7) is 2.72. The Morgan fingerprint density at radius 3 is 2.90 bits per heavy atom. The van der Waals surface area contributed by atoms with E-state index in [4.69, 9.17) is 0 Å². The lowest BCUT2D eigenvalue weighted by Crippen LogP contribution is -2.36. The number of aliphatic hydroxyl groups excluding tert-OH is 1. The standard InChI is InChI=1S/C17H22N2O/c1-13-8-9-15-12-18-10-5-11-19(15)16(13)17(20)14-6-3-2-4-7-14/h8-9,12,14,17-18,20H,2-4,6-7,11H2,1H3. The third-order valence-corrected chi connectivity index (χ3v) is 4.50. The van der Waals surface area contributed by atoms with Gasteiger partial charge in [0.15, 0.2) is 0 Å². The molecule has 1 unspecified atom stereocenters. The molecule has 3 nitrogen and oxygen atoms in total. The molecule has 0 spiro atoms. The Bertz CT molecular complexity index is 527. The van der Waals surface area contributed by atoms with Crippen molar-refractivity contribution in [3.8, 4) is 12.0 Å². The number of rotatable bonds is 2. The number of nitrogens with one attached hydrogen (secondary N) is 1. The molecular weight excluding hydrogens is 248 g/mol. The molecule has 0 radical (unpaired) electrons. The summed E-state index contributed by atoms with van der Waals surface area (Å²) in [5.41, 5.74) is 3.27. The average Bonchev–Trinajstić information content (AvgIpc) is 2.73. The fraction of sp³-hybridized carbons (Fsp3) is 0.529. The Hall–Kier alpha value is -1.66. The summed E-state index contributed by atoms with van der Waals surface area (Å²) in [5.74, 6) is 3.48. The molecular formula is C17H22N2O. The highest BCUT2D eigenvalue weighted by Crippen LogP contribution is 2.35. The van der Waals surface area contributed by atoms with Crippen LogP contribution in [0.2, 0.25) is 0 Å². The van der Waals surface area contributed by atoms with E-state index >= 15 is 0 Å². The maximum atomic E-state index is 10.9. The zero-order valence-electron chi connectivity index (χ0n) is 12.0. The first kappa shape index (κ1) is 13.3. The zero-order chi connectivity index (χ0) is 13.9. The van der Waals surface area contributed by atoms with E-state index in [-0.39, 0.29) is 6.10 Å². The second kappa shape index (κ2) is 5.76. The van der Waals surface area contributed by atoms with Gasteiger partial charge in [0.25, 0.3) is 0 Å². The van der Waals surface area contributed by atoms with Crippen LogP contribution in [-0.4, -0.2) is 22.7 Å². The fourth-order valence-corrected chi connectivity index (χ4v) is 3.39. The van der Waals surface area contributed by atoms with Crippen LogP contribution in [-0.2, 0) is 0 Å². The molecule has 0 aromatic heterocycles. The van der Waals surface area contributed by atoms with Crippen molar-refractivity contribution in [2.24, 2.45) is 5.92 Å². The number of allylic oxidation sites excluding steroid dienone is 3. The molecule has 0 bridgehead atoms. The van der Waals surface area contributed by atoms with Crippen molar-refractivity contribution in [2.75, 3.05) is 6.54 Å². The summed E-state index contributed by atoms with van der Waals surface area (Å²) in [7, 11) is 0. The lowest BCUT2D eigenvalue weighted by Gasteiger charge is -2.37. The minimum atomic E-state index is -0.372. The van der Waals surface area contributed by atoms with Crippen LogP contribution >= 0.6 is 0 Å². The van der Waals surface area contributed by atoms with Gasteiger partial charge in [-0.2, -0.15) is 0 Å². The minimum absolute atomic E-state index is 0.372. The van der Waals surface area contributed by atoms with Gasteiger partial charge in [-0.15, -0.1) is 0 Å². The van der Waals surface area contributed by atoms with Crippen LogP contribution in [0.15, 0.2) is 35.3 Å². The smallest absolute Gasteiger partial charge is 0.0970 e. The lowest BCUT2D eigenvalue weighted by molar-refractivity contribution is 0.0927. The van der Waals surface area contributed by atoms with Gasteiger partial charge in [-0.25, -0.2) is 0 Å². The number of hydrogen-bond acceptors (Lipinski definition) is 3. The third-order valence-electron chi connectivity index (χ3n) is 4.50. The SMILES string of the molecule is CC1=C(C(O)C2CCCCC2)N2CC#CNC=C2C=C1. The highest BCUT2D eigenvalue weighted by molar-refractivity contribution is 5.41. The lowest BCUT2D eigenvalue weighted by atomic mass is 9.82. The van der Waals surface area contributed by atoms with E-state index in [1.165, 1.54) is 19.3 Å². The van der Waals surface area contributed by atoms with Gasteiger partial charge in [-0.3, -0.25) is 0 Å². The summed E-state index contributed by atoms with van der Waals surface area (Å²) < 4.78 is 0. The Kier molecular flexibility index (Phi) is 3.84. The quantitative estimate of drug-likeness (QED) is 0.757. The van der Waals surface area contributed by atoms with E-state index in [9.17, 15) is 5.11 Å². The zero-order valence-corrected chi connectivity index (χ0v) is 12.0. The summed E-state index contributed by atoms with van der Waals surface area (Å²) >= 11 is 0. The second-order valence-electron chi connectivity index (χ2n) is 5.85. The van der Waals surface area contributed by atoms with Gasteiger partial charge in [0, 0.05) is 12.2 Å². The summed E-state index contributed by atoms with van der Waals surface area (Å²) in [6.07, 6.45) is 11.8. The minimum Gasteiger partial charge on any atom is -0.387 e. The molecule has 0 aromatic carbocycles. The molecule has 2 N–H and O–H groups in total. The number of aliphatic hydroxyl groups is 1. The Morgan fingerprint density at radius 2 is 2.10 bits per heavy atom. The number of fused-ring (bicyclic) bond motifs is 1. The molecule has 0 aromatic rings. The first-order valence-electron chi connectivity index (χ1n) is 7.55. The molecule has 2 heterocycles. The molecule has 3 heteroatoms. The first-order chi connectivity index (χ1) is 9.77. The van der Waals surface area contributed by atoms with E-state index in [1.54, 1.807) is 0 Å². The van der Waals surface area contributed by atoms with Crippen LogP contribution in [0.3, 0.4) is 0 Å². The average molecular weight is 270 g/mol. The van der Waals surface area contributed by atoms with Crippen molar-refractivity contribution in [1.29, 1.82) is 0 Å². The Labute approximate surface area is 121 Å². The van der Waals surface area contributed by atoms with Gasteiger partial charge in [0.1, 0.15) is 0 Å². The van der Waals surface area contributed by atoms with Crippen LogP contribution in [0.1, 0.15) is 39.0 Å². The molecule has 0 amide bonds. The fourth-order valence-electron chi connectivity index (χ4n) is 3.39. The molecule has 1 saturated carbocycles. The van der Waals surface area contributed by atoms with Gasteiger partial charge in [0.2, 0.25) is 0 Å². The van der Waals surface area contributed by atoms with Crippen LogP contribution in [0.4, 0.5) is 0 Å². The molecule has 106 valence electrons. The van der Waals surface area contributed by atoms with E-state index in [0.29, 0.717) is 12.5 Å². The third kappa shape index (κ3) is 2.48. The highest BCUT2D eigenvalue weighted by Gasteiger charge is 2.31. The Morgan fingerprint density at radius 1 is 1.30 bits per heavy atom. The van der Waals surface area contributed by atoms with Gasteiger partial charge in [-0.1, -0.05) is 31.3 Å². The molecule has 2 aliphatic heterocycles. The molecule has 20 heavy (non-hydrogen) atoms. The van der Waals surface area contributed by atoms with Gasteiger partial charge < -0.3 is 15.3 Å².